The fourth-order valence-electron chi connectivity index (χ4n) is 0. The first kappa shape index (κ1) is 8.94. The summed E-state index contributed by atoms with van der Waals surface area (Å²) in [5, 5.41) is 6.89. The van der Waals surface area contributed by atoms with Crippen LogP contribution in [0.2, 0.25) is 0 Å². The molecule has 0 aromatic heterocycles. The van der Waals surface area contributed by atoms with Crippen LogP contribution in [0.15, 0.2) is 0 Å². The minimum atomic E-state index is -0.250. The van der Waals surface area contributed by atoms with E-state index in [1.807, 2.05) is 0 Å². The van der Waals surface area contributed by atoms with E-state index in [-0.39, 0.29) is 17.3 Å². The summed E-state index contributed by atoms with van der Waals surface area (Å²) in [6.45, 7) is 0. The molecule has 0 saturated carbocycles. The van der Waals surface area contributed by atoms with Gasteiger partial charge in [-0.3, -0.25) is 0 Å². The third kappa shape index (κ3) is 279. The van der Waals surface area contributed by atoms with Gasteiger partial charge in [0, 0.05) is 0 Å². The van der Waals surface area contributed by atoms with Gasteiger partial charge in [-0.05, 0) is 0 Å². The molecule has 1 unspecified atom stereocenters. The van der Waals surface area contributed by atoms with Crippen LogP contribution in [-0.2, 0) is 4.70 Å². The monoisotopic (exact) mass is 78.0 g/mol. The zero-order chi connectivity index (χ0) is 2.71. The first-order valence-electron chi connectivity index (χ1n) is 0.494. The van der Waals surface area contributed by atoms with Crippen molar-refractivity contribution in [2.75, 3.05) is 0 Å². The van der Waals surface area contributed by atoms with Gasteiger partial charge in [0.1, 0.15) is 0 Å². The first-order chi connectivity index (χ1) is 1.41. The van der Waals surface area contributed by atoms with Gasteiger partial charge in [0.2, 0.25) is 0 Å². The van der Waals surface area contributed by atoms with E-state index in [1.54, 1.807) is 0 Å². The van der Waals surface area contributed by atoms with Gasteiger partial charge in [0.25, 0.3) is 0 Å². The van der Waals surface area contributed by atoms with Crippen LogP contribution >= 0.6 is 9.90 Å². The van der Waals surface area contributed by atoms with Gasteiger partial charge in [-0.2, -0.15) is 9.90 Å². The Balaban J connectivity index is 0. The van der Waals surface area contributed by atoms with Crippen molar-refractivity contribution in [3.63, 3.8) is 0 Å². The van der Waals surface area contributed by atoms with E-state index in [4.69, 9.17) is 9.73 Å². The SMILES string of the molecule is O=BO.P. The quantitative estimate of drug-likeness (QED) is 0.298. The predicted octanol–water partition coefficient (Wildman–Crippen LogP) is -0.999. The van der Waals surface area contributed by atoms with E-state index >= 15 is 0 Å². The normalized spacial score (nSPS) is 2.00. The number of rotatable bonds is 0. The van der Waals surface area contributed by atoms with Crippen LogP contribution in [0.4, 0.5) is 0 Å². The molecule has 0 saturated heterocycles. The molecular weight excluding hydrogens is 73.8 g/mol. The molecule has 4 heavy (non-hydrogen) atoms. The number of hydrogen-bond acceptors (Lipinski definition) is 1. The molecule has 0 radical (unpaired) electrons. The Labute approximate surface area is 28.1 Å². The predicted molar refractivity (Wildman–Crippen MR) is 19.8 cm³/mol. The van der Waals surface area contributed by atoms with Gasteiger partial charge in [0.05, 0.1) is 0 Å². The zero-order valence-electron chi connectivity index (χ0n) is 2.14. The van der Waals surface area contributed by atoms with Crippen LogP contribution in [0, 0.1) is 0 Å². The summed E-state index contributed by atoms with van der Waals surface area (Å²) < 4.78 is 8.36. The molecule has 0 aromatic rings. The average Bonchev–Trinajstić information content (AvgIpc) is 0.918. The maximum atomic E-state index is 8.36. The smallest absolute Gasteiger partial charge is 0.153 e. The van der Waals surface area contributed by atoms with Crippen molar-refractivity contribution in [3.05, 3.63) is 0 Å². The fourth-order valence-corrected chi connectivity index (χ4v) is 0. The van der Waals surface area contributed by atoms with Gasteiger partial charge in [0.15, 0.2) is 0 Å². The molecule has 1 atom stereocenters. The summed E-state index contributed by atoms with van der Waals surface area (Å²) in [7, 11) is -0.250. The Morgan fingerprint density at radius 2 is 1.75 bits per heavy atom. The molecule has 0 aliphatic heterocycles. The van der Waals surface area contributed by atoms with E-state index in [0.29, 0.717) is 0 Å². The fraction of sp³-hybridized carbons (Fsp3) is 0. The molecule has 0 aromatic carbocycles. The van der Waals surface area contributed by atoms with Gasteiger partial charge in [-0.1, -0.05) is 0 Å². The maximum absolute atomic E-state index is 8.36. The van der Waals surface area contributed by atoms with E-state index < -0.39 is 0 Å². The molecule has 0 heterocycles. The molecule has 0 rings (SSSR count). The average molecular weight is 77.8 g/mol. The van der Waals surface area contributed by atoms with Gasteiger partial charge >= 0.3 is 17.1 Å². The summed E-state index contributed by atoms with van der Waals surface area (Å²) in [5.41, 5.74) is 0. The van der Waals surface area contributed by atoms with Crippen LogP contribution in [0.1, 0.15) is 0 Å². The standard InChI is InChI=1S/BHO2.H3P/c2-1-3;/h2H;1H3. The third-order valence-electron chi connectivity index (χ3n) is 0. The van der Waals surface area contributed by atoms with Crippen molar-refractivity contribution in [1.29, 1.82) is 0 Å². The topological polar surface area (TPSA) is 37.3 Å². The summed E-state index contributed by atoms with van der Waals surface area (Å²) in [6, 6.07) is 0. The summed E-state index contributed by atoms with van der Waals surface area (Å²) in [5.74, 6) is 0. The second-order valence-electron chi connectivity index (χ2n) is 0.105. The van der Waals surface area contributed by atoms with Crippen molar-refractivity contribution in [3.8, 4) is 0 Å². The maximum Gasteiger partial charge on any atom is -0.153 e. The molecule has 0 amide bonds. The first-order valence-corrected chi connectivity index (χ1v) is 0.494. The Bertz CT molecular complexity index is 13.5. The molecule has 0 spiro atoms. The molecule has 24 valence electrons. The molecule has 0 bridgehead atoms. The van der Waals surface area contributed by atoms with Crippen molar-refractivity contribution in [2.24, 2.45) is 0 Å². The summed E-state index contributed by atoms with van der Waals surface area (Å²) in [6.07, 6.45) is 0. The second-order valence-corrected chi connectivity index (χ2v) is 0.105. The largest absolute Gasteiger partial charge is 0.153 e. The van der Waals surface area contributed by atoms with E-state index in [0.717, 1.165) is 0 Å². The molecular formula is H4BO2P. The minimum Gasteiger partial charge on any atom is -0.153 e. The van der Waals surface area contributed by atoms with Crippen LogP contribution in [0.25, 0.3) is 0 Å². The molecule has 0 fully saturated rings. The van der Waals surface area contributed by atoms with Gasteiger partial charge in [-0.25, -0.2) is 0 Å². The minimum absolute atomic E-state index is 0. The van der Waals surface area contributed by atoms with E-state index in [9.17, 15) is 0 Å². The van der Waals surface area contributed by atoms with Crippen LogP contribution in [-0.4, -0.2) is 12.4 Å². The van der Waals surface area contributed by atoms with E-state index in [1.165, 1.54) is 0 Å². The Kier molecular flexibility index (Phi) is 25.3. The van der Waals surface area contributed by atoms with Crippen LogP contribution in [0.3, 0.4) is 0 Å². The van der Waals surface area contributed by atoms with Crippen LogP contribution < -0.4 is 0 Å². The summed E-state index contributed by atoms with van der Waals surface area (Å²) >= 11 is 0. The van der Waals surface area contributed by atoms with Crippen molar-refractivity contribution >= 4 is 17.3 Å². The van der Waals surface area contributed by atoms with Crippen molar-refractivity contribution in [1.82, 2.24) is 0 Å². The third-order valence-corrected chi connectivity index (χ3v) is 0. The van der Waals surface area contributed by atoms with E-state index in [2.05, 4.69) is 0 Å². The zero-order valence-corrected chi connectivity index (χ0v) is 3.55. The van der Waals surface area contributed by atoms with Gasteiger partial charge < -0.3 is 0 Å². The summed E-state index contributed by atoms with van der Waals surface area (Å²) in [4.78, 5) is 0. The second kappa shape index (κ2) is 11.3. The van der Waals surface area contributed by atoms with Crippen molar-refractivity contribution < 1.29 is 9.73 Å². The molecule has 0 aliphatic rings. The Morgan fingerprint density at radius 1 is 1.75 bits per heavy atom. The Morgan fingerprint density at radius 3 is 1.75 bits per heavy atom. The van der Waals surface area contributed by atoms with Crippen LogP contribution in [0.5, 0.6) is 0 Å². The number of hydrogen-bond donors (Lipinski definition) is 1. The molecule has 0 aliphatic carbocycles. The van der Waals surface area contributed by atoms with Crippen molar-refractivity contribution in [2.45, 2.75) is 0 Å². The molecule has 4 heteroatoms. The molecule has 1 N–H and O–H groups in total. The van der Waals surface area contributed by atoms with Gasteiger partial charge in [-0.15, -0.1) is 0 Å². The molecule has 2 nitrogen and oxygen atoms in total. The Hall–Kier alpha value is 0.0949.